The Balaban J connectivity index is 1.61. The Hall–Kier alpha value is -2.24. The zero-order valence-electron chi connectivity index (χ0n) is 13.7. The highest BCUT2D eigenvalue weighted by Crippen LogP contribution is 2.35. The van der Waals surface area contributed by atoms with Gasteiger partial charge in [-0.25, -0.2) is 0 Å². The molecule has 0 radical (unpaired) electrons. The molecule has 1 atom stereocenters. The summed E-state index contributed by atoms with van der Waals surface area (Å²) in [6.07, 6.45) is 5.49. The number of pyridine rings is 1. The molecule has 5 nitrogen and oxygen atoms in total. The van der Waals surface area contributed by atoms with E-state index in [1.807, 2.05) is 18.2 Å². The van der Waals surface area contributed by atoms with Gasteiger partial charge in [-0.2, -0.15) is 0 Å². The second-order valence-corrected chi connectivity index (χ2v) is 6.09. The SMILES string of the molecule is O=C(CN(CCO)[C@H]1CCc2ccccc21)NCc1cccnc1. The highest BCUT2D eigenvalue weighted by Gasteiger charge is 2.28. The van der Waals surface area contributed by atoms with E-state index >= 15 is 0 Å². The number of rotatable bonds is 7. The van der Waals surface area contributed by atoms with Crippen molar-refractivity contribution in [2.45, 2.75) is 25.4 Å². The maximum Gasteiger partial charge on any atom is 0.234 e. The van der Waals surface area contributed by atoms with Gasteiger partial charge in [0.05, 0.1) is 13.2 Å². The number of aliphatic hydroxyl groups excluding tert-OH is 1. The van der Waals surface area contributed by atoms with Crippen molar-refractivity contribution < 1.29 is 9.90 Å². The minimum absolute atomic E-state index is 0.0308. The molecule has 0 saturated carbocycles. The normalized spacial score (nSPS) is 16.2. The number of aryl methyl sites for hydroxylation is 1. The van der Waals surface area contributed by atoms with Crippen molar-refractivity contribution in [1.29, 1.82) is 0 Å². The number of benzene rings is 1. The molecule has 0 spiro atoms. The average Bonchev–Trinajstić information content (AvgIpc) is 3.04. The van der Waals surface area contributed by atoms with E-state index in [-0.39, 0.29) is 18.6 Å². The molecule has 2 N–H and O–H groups in total. The first kappa shape index (κ1) is 16.6. The first-order valence-corrected chi connectivity index (χ1v) is 8.36. The van der Waals surface area contributed by atoms with Crippen molar-refractivity contribution in [1.82, 2.24) is 15.2 Å². The van der Waals surface area contributed by atoms with E-state index in [2.05, 4.69) is 33.4 Å². The molecule has 1 aromatic heterocycles. The number of amides is 1. The van der Waals surface area contributed by atoms with Gasteiger partial charge in [-0.15, -0.1) is 0 Å². The quantitative estimate of drug-likeness (QED) is 0.813. The van der Waals surface area contributed by atoms with Gasteiger partial charge in [0.2, 0.25) is 5.91 Å². The average molecular weight is 325 g/mol. The van der Waals surface area contributed by atoms with Crippen LogP contribution in [0, 0.1) is 0 Å². The Morgan fingerprint density at radius 1 is 1.29 bits per heavy atom. The van der Waals surface area contributed by atoms with Gasteiger partial charge in [0.25, 0.3) is 0 Å². The number of hydrogen-bond donors (Lipinski definition) is 2. The van der Waals surface area contributed by atoms with Crippen LogP contribution in [0.4, 0.5) is 0 Å². The molecule has 1 aliphatic carbocycles. The molecule has 5 heteroatoms. The Morgan fingerprint density at radius 2 is 2.17 bits per heavy atom. The van der Waals surface area contributed by atoms with E-state index in [4.69, 9.17) is 0 Å². The lowest BCUT2D eigenvalue weighted by atomic mass is 10.1. The molecule has 3 rings (SSSR count). The molecule has 0 aliphatic heterocycles. The molecule has 0 unspecified atom stereocenters. The van der Waals surface area contributed by atoms with Crippen LogP contribution in [0.3, 0.4) is 0 Å². The number of aromatic nitrogens is 1. The van der Waals surface area contributed by atoms with Gasteiger partial charge >= 0.3 is 0 Å². The van der Waals surface area contributed by atoms with Crippen molar-refractivity contribution >= 4 is 5.91 Å². The highest BCUT2D eigenvalue weighted by atomic mass is 16.3. The molecule has 1 aromatic carbocycles. The molecule has 0 bridgehead atoms. The Labute approximate surface area is 142 Å². The number of fused-ring (bicyclic) bond motifs is 1. The largest absolute Gasteiger partial charge is 0.395 e. The van der Waals surface area contributed by atoms with Crippen molar-refractivity contribution in [3.8, 4) is 0 Å². The van der Waals surface area contributed by atoms with Crippen LogP contribution >= 0.6 is 0 Å². The zero-order chi connectivity index (χ0) is 16.8. The molecule has 2 aromatic rings. The Bertz CT molecular complexity index is 675. The number of carbonyl (C=O) groups excluding carboxylic acids is 1. The van der Waals surface area contributed by atoms with E-state index in [1.54, 1.807) is 12.4 Å². The Kier molecular flexibility index (Phi) is 5.56. The maximum absolute atomic E-state index is 12.3. The van der Waals surface area contributed by atoms with Crippen LogP contribution in [0.1, 0.15) is 29.2 Å². The topological polar surface area (TPSA) is 65.5 Å². The summed E-state index contributed by atoms with van der Waals surface area (Å²) in [5.41, 5.74) is 3.61. The Morgan fingerprint density at radius 3 is 2.96 bits per heavy atom. The first-order valence-electron chi connectivity index (χ1n) is 8.36. The summed E-state index contributed by atoms with van der Waals surface area (Å²) in [6, 6.07) is 12.4. The zero-order valence-corrected chi connectivity index (χ0v) is 13.7. The smallest absolute Gasteiger partial charge is 0.234 e. The van der Waals surface area contributed by atoms with Crippen LogP contribution in [-0.2, 0) is 17.8 Å². The minimum atomic E-state index is -0.0308. The minimum Gasteiger partial charge on any atom is -0.395 e. The molecule has 126 valence electrons. The van der Waals surface area contributed by atoms with Crippen LogP contribution in [0.2, 0.25) is 0 Å². The van der Waals surface area contributed by atoms with Gasteiger partial charge in [-0.3, -0.25) is 14.7 Å². The van der Waals surface area contributed by atoms with Crippen molar-refractivity contribution in [2.75, 3.05) is 19.7 Å². The van der Waals surface area contributed by atoms with Crippen molar-refractivity contribution in [3.05, 3.63) is 65.5 Å². The maximum atomic E-state index is 12.3. The van der Waals surface area contributed by atoms with Crippen LogP contribution in [0.25, 0.3) is 0 Å². The van der Waals surface area contributed by atoms with E-state index in [1.165, 1.54) is 11.1 Å². The third-order valence-electron chi connectivity index (χ3n) is 4.49. The van der Waals surface area contributed by atoms with Gasteiger partial charge < -0.3 is 10.4 Å². The number of hydrogen-bond acceptors (Lipinski definition) is 4. The molecule has 0 saturated heterocycles. The second-order valence-electron chi connectivity index (χ2n) is 6.09. The molecule has 0 fully saturated rings. The fraction of sp³-hybridized carbons (Fsp3) is 0.368. The van der Waals surface area contributed by atoms with Crippen molar-refractivity contribution in [2.24, 2.45) is 0 Å². The lowest BCUT2D eigenvalue weighted by Crippen LogP contribution is -2.40. The third-order valence-corrected chi connectivity index (χ3v) is 4.49. The summed E-state index contributed by atoms with van der Waals surface area (Å²) in [7, 11) is 0. The number of nitrogens with one attached hydrogen (secondary N) is 1. The van der Waals surface area contributed by atoms with Crippen LogP contribution < -0.4 is 5.32 Å². The third kappa shape index (κ3) is 3.99. The molecule has 24 heavy (non-hydrogen) atoms. The van der Waals surface area contributed by atoms with Gasteiger partial charge in [0.15, 0.2) is 0 Å². The predicted molar refractivity (Wildman–Crippen MR) is 92.2 cm³/mol. The number of carbonyl (C=O) groups is 1. The van der Waals surface area contributed by atoms with Gasteiger partial charge in [-0.05, 0) is 35.6 Å². The summed E-state index contributed by atoms with van der Waals surface area (Å²) in [5.74, 6) is -0.0308. The number of aliphatic hydroxyl groups is 1. The van der Waals surface area contributed by atoms with Gasteiger partial charge in [-0.1, -0.05) is 30.3 Å². The number of nitrogens with zero attached hydrogens (tertiary/aromatic N) is 2. The van der Waals surface area contributed by atoms with E-state index in [0.29, 0.717) is 19.6 Å². The summed E-state index contributed by atoms with van der Waals surface area (Å²) >= 11 is 0. The summed E-state index contributed by atoms with van der Waals surface area (Å²) in [5, 5.41) is 12.3. The summed E-state index contributed by atoms with van der Waals surface area (Å²) in [6.45, 7) is 1.31. The lowest BCUT2D eigenvalue weighted by Gasteiger charge is -2.28. The fourth-order valence-electron chi connectivity index (χ4n) is 3.33. The van der Waals surface area contributed by atoms with Gasteiger partial charge in [0, 0.05) is 31.5 Å². The molecule has 1 aliphatic rings. The highest BCUT2D eigenvalue weighted by molar-refractivity contribution is 5.78. The van der Waals surface area contributed by atoms with Gasteiger partial charge in [0.1, 0.15) is 0 Å². The summed E-state index contributed by atoms with van der Waals surface area (Å²) < 4.78 is 0. The predicted octanol–water partition coefficient (Wildman–Crippen LogP) is 1.68. The standard InChI is InChI=1S/C19H23N3O2/c23-11-10-22(18-8-7-16-5-1-2-6-17(16)18)14-19(24)21-13-15-4-3-9-20-12-15/h1-6,9,12,18,23H,7-8,10-11,13-14H2,(H,21,24)/t18-/m0/s1. The monoisotopic (exact) mass is 325 g/mol. The molecular formula is C19H23N3O2. The van der Waals surface area contributed by atoms with Crippen LogP contribution in [-0.4, -0.2) is 40.6 Å². The molecular weight excluding hydrogens is 302 g/mol. The van der Waals surface area contributed by atoms with Crippen LogP contribution in [0.5, 0.6) is 0 Å². The van der Waals surface area contributed by atoms with E-state index in [9.17, 15) is 9.90 Å². The fourth-order valence-corrected chi connectivity index (χ4v) is 3.33. The molecule has 1 heterocycles. The second kappa shape index (κ2) is 8.04. The van der Waals surface area contributed by atoms with E-state index < -0.39 is 0 Å². The summed E-state index contributed by atoms with van der Waals surface area (Å²) in [4.78, 5) is 18.4. The first-order chi connectivity index (χ1) is 11.8. The lowest BCUT2D eigenvalue weighted by molar-refractivity contribution is -0.123. The molecule has 1 amide bonds. The van der Waals surface area contributed by atoms with Crippen LogP contribution in [0.15, 0.2) is 48.8 Å². The van der Waals surface area contributed by atoms with Crippen molar-refractivity contribution in [3.63, 3.8) is 0 Å². The van der Waals surface area contributed by atoms with E-state index in [0.717, 1.165) is 18.4 Å².